The van der Waals surface area contributed by atoms with E-state index in [0.29, 0.717) is 24.8 Å². The number of rotatable bonds is 5. The Labute approximate surface area is 176 Å². The highest BCUT2D eigenvalue weighted by Gasteiger charge is 2.42. The van der Waals surface area contributed by atoms with Gasteiger partial charge >= 0.3 is 12.1 Å². The van der Waals surface area contributed by atoms with Gasteiger partial charge in [-0.2, -0.15) is 0 Å². The summed E-state index contributed by atoms with van der Waals surface area (Å²) in [6.45, 7) is 5.44. The molecule has 1 unspecified atom stereocenters. The van der Waals surface area contributed by atoms with E-state index in [1.54, 1.807) is 53.7 Å². The van der Waals surface area contributed by atoms with Gasteiger partial charge in [0.05, 0.1) is 11.6 Å². The molecular formula is C23H28N2O5. The molecule has 0 spiro atoms. The Morgan fingerprint density at radius 1 is 1.20 bits per heavy atom. The van der Waals surface area contributed by atoms with E-state index in [1.807, 2.05) is 20.8 Å². The SMILES string of the molecule is CC(C)(C)OC(=O)N1[C@H](Cc2ccc(C(=O)O)cc2)CC[C@@H]1C(O)c1cccnc1. The number of amides is 1. The van der Waals surface area contributed by atoms with E-state index in [4.69, 9.17) is 9.84 Å². The first-order chi connectivity index (χ1) is 14.2. The standard InChI is InChI=1S/C23H28N2O5/c1-23(2,3)30-22(29)25-18(13-15-6-8-16(9-7-15)21(27)28)10-11-19(25)20(26)17-5-4-12-24-14-17/h4-9,12,14,18-20,26H,10-11,13H2,1-3H3,(H,27,28)/t18-,19+,20?/m0/s1. The Kier molecular flexibility index (Phi) is 6.41. The van der Waals surface area contributed by atoms with Crippen molar-refractivity contribution in [3.63, 3.8) is 0 Å². The van der Waals surface area contributed by atoms with Crippen molar-refractivity contribution in [2.24, 2.45) is 0 Å². The fourth-order valence-corrected chi connectivity index (χ4v) is 3.85. The van der Waals surface area contributed by atoms with E-state index in [0.717, 1.165) is 5.56 Å². The van der Waals surface area contributed by atoms with Crippen LogP contribution in [0.2, 0.25) is 0 Å². The maximum atomic E-state index is 13.1. The summed E-state index contributed by atoms with van der Waals surface area (Å²) in [5.41, 5.74) is 1.15. The predicted octanol–water partition coefficient (Wildman–Crippen LogP) is 3.82. The molecule has 0 saturated carbocycles. The zero-order chi connectivity index (χ0) is 21.9. The molecule has 1 amide bonds. The Hall–Kier alpha value is -2.93. The summed E-state index contributed by atoms with van der Waals surface area (Å²) < 4.78 is 5.64. The molecule has 7 heteroatoms. The number of carbonyl (C=O) groups excluding carboxylic acids is 1. The summed E-state index contributed by atoms with van der Waals surface area (Å²) in [6.07, 6.45) is 3.81. The van der Waals surface area contributed by atoms with Crippen molar-refractivity contribution in [3.8, 4) is 0 Å². The quantitative estimate of drug-likeness (QED) is 0.774. The molecule has 1 saturated heterocycles. The van der Waals surface area contributed by atoms with Crippen molar-refractivity contribution >= 4 is 12.1 Å². The molecule has 1 aliphatic heterocycles. The molecule has 3 rings (SSSR count). The number of nitrogens with zero attached hydrogens (tertiary/aromatic N) is 2. The number of carboxylic acid groups (broad SMARTS) is 1. The summed E-state index contributed by atoms with van der Waals surface area (Å²) in [7, 11) is 0. The normalized spacial score (nSPS) is 20.1. The van der Waals surface area contributed by atoms with Crippen LogP contribution >= 0.6 is 0 Å². The number of pyridine rings is 1. The lowest BCUT2D eigenvalue weighted by molar-refractivity contribution is -0.00459. The van der Waals surface area contributed by atoms with E-state index in [1.165, 1.54) is 0 Å². The third-order valence-corrected chi connectivity index (χ3v) is 5.21. The minimum atomic E-state index is -0.975. The molecule has 2 N–H and O–H groups in total. The second-order valence-corrected chi connectivity index (χ2v) is 8.62. The molecule has 1 aromatic carbocycles. The van der Waals surface area contributed by atoms with Crippen LogP contribution in [0.15, 0.2) is 48.8 Å². The minimum Gasteiger partial charge on any atom is -0.478 e. The number of carbonyl (C=O) groups is 2. The first kappa shape index (κ1) is 21.8. The Balaban J connectivity index is 1.84. The second-order valence-electron chi connectivity index (χ2n) is 8.62. The lowest BCUT2D eigenvalue weighted by atomic mass is 10.0. The van der Waals surface area contributed by atoms with Gasteiger partial charge in [0.15, 0.2) is 0 Å². The molecular weight excluding hydrogens is 384 g/mol. The van der Waals surface area contributed by atoms with Crippen LogP contribution in [-0.2, 0) is 11.2 Å². The minimum absolute atomic E-state index is 0.160. The van der Waals surface area contributed by atoms with Crippen LogP contribution in [0.5, 0.6) is 0 Å². The zero-order valence-electron chi connectivity index (χ0n) is 17.5. The van der Waals surface area contributed by atoms with Crippen LogP contribution in [0.1, 0.15) is 61.2 Å². The molecule has 0 aliphatic carbocycles. The van der Waals surface area contributed by atoms with Gasteiger partial charge in [0.1, 0.15) is 11.7 Å². The Bertz CT molecular complexity index is 877. The largest absolute Gasteiger partial charge is 0.478 e. The molecule has 160 valence electrons. The van der Waals surface area contributed by atoms with Gasteiger partial charge in [0.25, 0.3) is 0 Å². The van der Waals surface area contributed by atoms with Crippen LogP contribution in [0, 0.1) is 0 Å². The van der Waals surface area contributed by atoms with E-state index in [-0.39, 0.29) is 11.6 Å². The molecule has 1 aliphatic rings. The summed E-state index contributed by atoms with van der Waals surface area (Å²) in [6, 6.07) is 9.62. The summed E-state index contributed by atoms with van der Waals surface area (Å²) in [4.78, 5) is 29.9. The first-order valence-corrected chi connectivity index (χ1v) is 10.1. The van der Waals surface area contributed by atoms with Crippen LogP contribution < -0.4 is 0 Å². The molecule has 1 fully saturated rings. The van der Waals surface area contributed by atoms with Crippen LogP contribution in [-0.4, -0.2) is 49.8 Å². The second kappa shape index (κ2) is 8.83. The van der Waals surface area contributed by atoms with Crippen LogP contribution in [0.25, 0.3) is 0 Å². The van der Waals surface area contributed by atoms with E-state index in [2.05, 4.69) is 4.98 Å². The lowest BCUT2D eigenvalue weighted by Crippen LogP contribution is -2.47. The molecule has 0 radical (unpaired) electrons. The summed E-state index contributed by atoms with van der Waals surface area (Å²) in [5, 5.41) is 20.0. The molecule has 1 aromatic heterocycles. The Morgan fingerprint density at radius 2 is 1.90 bits per heavy atom. The lowest BCUT2D eigenvalue weighted by Gasteiger charge is -2.34. The van der Waals surface area contributed by atoms with Crippen molar-refractivity contribution in [2.45, 2.75) is 63.8 Å². The number of aromatic nitrogens is 1. The van der Waals surface area contributed by atoms with E-state index < -0.39 is 29.8 Å². The zero-order valence-corrected chi connectivity index (χ0v) is 17.5. The highest BCUT2D eigenvalue weighted by Crippen LogP contribution is 2.35. The third kappa shape index (κ3) is 5.16. The number of carboxylic acids is 1. The molecule has 0 bridgehead atoms. The van der Waals surface area contributed by atoms with Gasteiger partial charge < -0.3 is 14.9 Å². The predicted molar refractivity (Wildman–Crippen MR) is 111 cm³/mol. The topological polar surface area (TPSA) is 100.0 Å². The van der Waals surface area contributed by atoms with Crippen LogP contribution in [0.3, 0.4) is 0 Å². The van der Waals surface area contributed by atoms with Crippen LogP contribution in [0.4, 0.5) is 4.79 Å². The number of hydrogen-bond acceptors (Lipinski definition) is 5. The van der Waals surface area contributed by atoms with Gasteiger partial charge in [-0.3, -0.25) is 9.88 Å². The summed E-state index contributed by atoms with van der Waals surface area (Å²) in [5.74, 6) is -0.975. The number of likely N-dealkylation sites (tertiary alicyclic amines) is 1. The van der Waals surface area contributed by atoms with Gasteiger partial charge in [0.2, 0.25) is 0 Å². The Morgan fingerprint density at radius 3 is 2.47 bits per heavy atom. The van der Waals surface area contributed by atoms with Crippen molar-refractivity contribution < 1.29 is 24.5 Å². The van der Waals surface area contributed by atoms with Crippen molar-refractivity contribution in [3.05, 3.63) is 65.5 Å². The van der Waals surface area contributed by atoms with Crippen molar-refractivity contribution in [1.82, 2.24) is 9.88 Å². The highest BCUT2D eigenvalue weighted by molar-refractivity contribution is 5.87. The first-order valence-electron chi connectivity index (χ1n) is 10.1. The van der Waals surface area contributed by atoms with Gasteiger partial charge in [-0.05, 0) is 63.8 Å². The number of ether oxygens (including phenoxy) is 1. The summed E-state index contributed by atoms with van der Waals surface area (Å²) >= 11 is 0. The molecule has 30 heavy (non-hydrogen) atoms. The number of aliphatic hydroxyl groups excluding tert-OH is 1. The molecule has 3 atom stereocenters. The third-order valence-electron chi connectivity index (χ3n) is 5.21. The number of hydrogen-bond donors (Lipinski definition) is 2. The smallest absolute Gasteiger partial charge is 0.410 e. The fourth-order valence-electron chi connectivity index (χ4n) is 3.85. The van der Waals surface area contributed by atoms with Gasteiger partial charge in [-0.25, -0.2) is 9.59 Å². The molecule has 2 aromatic rings. The van der Waals surface area contributed by atoms with Crippen molar-refractivity contribution in [1.29, 1.82) is 0 Å². The van der Waals surface area contributed by atoms with E-state index >= 15 is 0 Å². The van der Waals surface area contributed by atoms with Crippen molar-refractivity contribution in [2.75, 3.05) is 0 Å². The fraction of sp³-hybridized carbons (Fsp3) is 0.435. The van der Waals surface area contributed by atoms with Gasteiger partial charge in [-0.1, -0.05) is 18.2 Å². The van der Waals surface area contributed by atoms with Gasteiger partial charge in [0, 0.05) is 24.0 Å². The number of benzene rings is 1. The highest BCUT2D eigenvalue weighted by atomic mass is 16.6. The number of aliphatic hydroxyl groups is 1. The molecule has 2 heterocycles. The van der Waals surface area contributed by atoms with E-state index in [9.17, 15) is 14.7 Å². The maximum Gasteiger partial charge on any atom is 0.410 e. The number of aromatic carboxylic acids is 1. The average molecular weight is 412 g/mol. The maximum absolute atomic E-state index is 13.1. The average Bonchev–Trinajstić information content (AvgIpc) is 3.11. The molecule has 7 nitrogen and oxygen atoms in total. The monoisotopic (exact) mass is 412 g/mol. The van der Waals surface area contributed by atoms with Gasteiger partial charge in [-0.15, -0.1) is 0 Å².